The lowest BCUT2D eigenvalue weighted by Gasteiger charge is -2.22. The van der Waals surface area contributed by atoms with E-state index < -0.39 is 5.41 Å². The minimum absolute atomic E-state index is 0.0421. The van der Waals surface area contributed by atoms with Crippen molar-refractivity contribution >= 4 is 11.8 Å². The van der Waals surface area contributed by atoms with Crippen LogP contribution in [0.25, 0.3) is 0 Å². The molecule has 1 aliphatic carbocycles. The predicted octanol–water partition coefficient (Wildman–Crippen LogP) is 2.65. The molecule has 0 aromatic rings. The molecule has 0 amide bonds. The van der Waals surface area contributed by atoms with Crippen LogP contribution in [0.1, 0.15) is 45.4 Å². The Morgan fingerprint density at radius 1 is 1.50 bits per heavy atom. The summed E-state index contributed by atoms with van der Waals surface area (Å²) in [5.74, 6) is -0.323. The van der Waals surface area contributed by atoms with Crippen LogP contribution >= 0.6 is 0 Å². The molecule has 1 aliphatic rings. The maximum atomic E-state index is 11.8. The number of methoxy groups -OCH3 is 1. The lowest BCUT2D eigenvalue weighted by molar-refractivity contribution is -0.156. The third-order valence-electron chi connectivity index (χ3n) is 3.21. The zero-order chi connectivity index (χ0) is 12.0. The summed E-state index contributed by atoms with van der Waals surface area (Å²) in [4.78, 5) is 23.6. The highest BCUT2D eigenvalue weighted by Gasteiger charge is 2.48. The second-order valence-electron chi connectivity index (χ2n) is 4.31. The van der Waals surface area contributed by atoms with Gasteiger partial charge in [0.25, 0.3) is 0 Å². The van der Waals surface area contributed by atoms with Gasteiger partial charge in [-0.25, -0.2) is 0 Å². The molecule has 1 unspecified atom stereocenters. The van der Waals surface area contributed by atoms with Gasteiger partial charge >= 0.3 is 5.97 Å². The fourth-order valence-electron chi connectivity index (χ4n) is 2.21. The molecule has 0 aromatic heterocycles. The Balaban J connectivity index is 2.72. The second-order valence-corrected chi connectivity index (χ2v) is 4.31. The number of unbranched alkanes of at least 4 members (excludes halogenated alkanes) is 1. The third-order valence-corrected chi connectivity index (χ3v) is 3.21. The Bertz CT molecular complexity index is 294. The highest BCUT2D eigenvalue weighted by Crippen LogP contribution is 2.39. The van der Waals surface area contributed by atoms with E-state index in [9.17, 15) is 9.59 Å². The molecular formula is C13H20O3. The van der Waals surface area contributed by atoms with Gasteiger partial charge in [0.1, 0.15) is 5.41 Å². The number of allylic oxidation sites excluding steroid dienone is 2. The number of hydrogen-bond donors (Lipinski definition) is 0. The van der Waals surface area contributed by atoms with Gasteiger partial charge < -0.3 is 4.74 Å². The van der Waals surface area contributed by atoms with Crippen molar-refractivity contribution in [3.8, 4) is 0 Å². The molecule has 1 atom stereocenters. The Kier molecular flexibility index (Phi) is 4.71. The zero-order valence-electron chi connectivity index (χ0n) is 10.1. The van der Waals surface area contributed by atoms with Crippen molar-refractivity contribution in [1.29, 1.82) is 0 Å². The molecule has 0 bridgehead atoms. The molecule has 0 spiro atoms. The van der Waals surface area contributed by atoms with Crippen LogP contribution < -0.4 is 0 Å². The number of carbonyl (C=O) groups is 2. The van der Waals surface area contributed by atoms with Crippen LogP contribution in [-0.4, -0.2) is 18.9 Å². The fraction of sp³-hybridized carbons (Fsp3) is 0.692. The second kappa shape index (κ2) is 5.83. The zero-order valence-corrected chi connectivity index (χ0v) is 10.1. The SMILES string of the molecule is CCCC=CCC1(C(=O)OC)CCCC1=O. The normalized spacial score (nSPS) is 25.2. The van der Waals surface area contributed by atoms with Gasteiger partial charge in [0.15, 0.2) is 5.78 Å². The molecule has 1 saturated carbocycles. The smallest absolute Gasteiger partial charge is 0.319 e. The molecular weight excluding hydrogens is 204 g/mol. The average Bonchev–Trinajstić information content (AvgIpc) is 2.66. The average molecular weight is 224 g/mol. The van der Waals surface area contributed by atoms with Gasteiger partial charge in [-0.2, -0.15) is 0 Å². The molecule has 16 heavy (non-hydrogen) atoms. The summed E-state index contributed by atoms with van der Waals surface area (Å²) in [6.45, 7) is 2.10. The Hall–Kier alpha value is -1.12. The quantitative estimate of drug-likeness (QED) is 0.409. The van der Waals surface area contributed by atoms with E-state index in [1.165, 1.54) is 7.11 Å². The van der Waals surface area contributed by atoms with Gasteiger partial charge in [-0.05, 0) is 25.7 Å². The minimum atomic E-state index is -0.876. The molecule has 0 aromatic carbocycles. The Morgan fingerprint density at radius 3 is 2.75 bits per heavy atom. The topological polar surface area (TPSA) is 43.4 Å². The highest BCUT2D eigenvalue weighted by molar-refractivity contribution is 6.05. The largest absolute Gasteiger partial charge is 0.468 e. The van der Waals surface area contributed by atoms with Gasteiger partial charge in [0.2, 0.25) is 0 Å². The first-order chi connectivity index (χ1) is 7.67. The third kappa shape index (κ3) is 2.52. The van der Waals surface area contributed by atoms with E-state index in [1.807, 2.05) is 12.2 Å². The fourth-order valence-corrected chi connectivity index (χ4v) is 2.21. The van der Waals surface area contributed by atoms with Crippen molar-refractivity contribution in [3.63, 3.8) is 0 Å². The lowest BCUT2D eigenvalue weighted by atomic mass is 9.81. The lowest BCUT2D eigenvalue weighted by Crippen LogP contribution is -2.35. The number of ether oxygens (including phenoxy) is 1. The number of esters is 1. The predicted molar refractivity (Wildman–Crippen MR) is 62.0 cm³/mol. The van der Waals surface area contributed by atoms with Crippen LogP contribution in [-0.2, 0) is 14.3 Å². The van der Waals surface area contributed by atoms with Gasteiger partial charge in [0, 0.05) is 6.42 Å². The van der Waals surface area contributed by atoms with Crippen LogP contribution in [0.5, 0.6) is 0 Å². The molecule has 0 N–H and O–H groups in total. The summed E-state index contributed by atoms with van der Waals surface area (Å²) in [7, 11) is 1.35. The van der Waals surface area contributed by atoms with E-state index in [0.717, 1.165) is 19.3 Å². The Labute approximate surface area is 96.9 Å². The van der Waals surface area contributed by atoms with Crippen LogP contribution in [0.3, 0.4) is 0 Å². The monoisotopic (exact) mass is 224 g/mol. The summed E-state index contributed by atoms with van der Waals surface area (Å²) < 4.78 is 4.77. The minimum Gasteiger partial charge on any atom is -0.468 e. The van der Waals surface area contributed by atoms with Crippen molar-refractivity contribution in [2.24, 2.45) is 5.41 Å². The number of Topliss-reactive ketones (excluding diaryl/α,β-unsaturated/α-hetero) is 1. The highest BCUT2D eigenvalue weighted by atomic mass is 16.5. The van der Waals surface area contributed by atoms with E-state index in [0.29, 0.717) is 19.3 Å². The van der Waals surface area contributed by atoms with Crippen LogP contribution in [0.2, 0.25) is 0 Å². The van der Waals surface area contributed by atoms with Crippen molar-refractivity contribution in [3.05, 3.63) is 12.2 Å². The van der Waals surface area contributed by atoms with Crippen LogP contribution in [0, 0.1) is 5.41 Å². The molecule has 90 valence electrons. The van der Waals surface area contributed by atoms with Gasteiger partial charge in [-0.3, -0.25) is 9.59 Å². The first kappa shape index (κ1) is 12.9. The molecule has 0 saturated heterocycles. The summed E-state index contributed by atoms with van der Waals surface area (Å²) in [5.41, 5.74) is -0.876. The number of hydrogen-bond acceptors (Lipinski definition) is 3. The van der Waals surface area contributed by atoms with E-state index in [4.69, 9.17) is 4.74 Å². The van der Waals surface area contributed by atoms with Crippen molar-refractivity contribution in [1.82, 2.24) is 0 Å². The maximum Gasteiger partial charge on any atom is 0.319 e. The molecule has 1 fully saturated rings. The van der Waals surface area contributed by atoms with Crippen LogP contribution in [0.4, 0.5) is 0 Å². The summed E-state index contributed by atoms with van der Waals surface area (Å²) in [5, 5.41) is 0. The maximum absolute atomic E-state index is 11.8. The number of carbonyl (C=O) groups excluding carboxylic acids is 2. The standard InChI is InChI=1S/C13H20O3/c1-3-4-5-6-9-13(12(15)16-2)10-7-8-11(13)14/h5-6H,3-4,7-10H2,1-2H3. The first-order valence-electron chi connectivity index (χ1n) is 5.94. The van der Waals surface area contributed by atoms with E-state index in [2.05, 4.69) is 6.92 Å². The van der Waals surface area contributed by atoms with E-state index in [-0.39, 0.29) is 11.8 Å². The van der Waals surface area contributed by atoms with Gasteiger partial charge in [-0.1, -0.05) is 25.5 Å². The van der Waals surface area contributed by atoms with Crippen LogP contribution in [0.15, 0.2) is 12.2 Å². The van der Waals surface area contributed by atoms with Gasteiger partial charge in [0.05, 0.1) is 7.11 Å². The number of ketones is 1. The van der Waals surface area contributed by atoms with Crippen molar-refractivity contribution in [2.45, 2.75) is 45.4 Å². The van der Waals surface area contributed by atoms with Crippen molar-refractivity contribution in [2.75, 3.05) is 7.11 Å². The Morgan fingerprint density at radius 2 is 2.25 bits per heavy atom. The summed E-state index contributed by atoms with van der Waals surface area (Å²) in [6, 6.07) is 0. The summed E-state index contributed by atoms with van der Waals surface area (Å²) in [6.07, 6.45) is 8.50. The molecule has 0 radical (unpaired) electrons. The van der Waals surface area contributed by atoms with E-state index in [1.54, 1.807) is 0 Å². The summed E-state index contributed by atoms with van der Waals surface area (Å²) >= 11 is 0. The van der Waals surface area contributed by atoms with Crippen molar-refractivity contribution < 1.29 is 14.3 Å². The van der Waals surface area contributed by atoms with Gasteiger partial charge in [-0.15, -0.1) is 0 Å². The number of rotatable bonds is 5. The molecule has 0 aliphatic heterocycles. The first-order valence-corrected chi connectivity index (χ1v) is 5.94. The molecule has 3 nitrogen and oxygen atoms in total. The molecule has 0 heterocycles. The molecule has 1 rings (SSSR count). The van der Waals surface area contributed by atoms with E-state index >= 15 is 0 Å². The molecule has 3 heteroatoms.